The maximum Gasteiger partial charge on any atom is 3.00 e. The van der Waals surface area contributed by atoms with Crippen molar-refractivity contribution in [1.29, 1.82) is 0 Å². The van der Waals surface area contributed by atoms with E-state index in [0.29, 0.717) is 0 Å². The third kappa shape index (κ3) is 7.83. The van der Waals surface area contributed by atoms with Gasteiger partial charge in [0.25, 0.3) is 0 Å². The molecule has 9 aromatic carbocycles. The van der Waals surface area contributed by atoms with Crippen LogP contribution >= 0.6 is 0 Å². The van der Waals surface area contributed by atoms with Crippen molar-refractivity contribution in [2.75, 3.05) is 0 Å². The summed E-state index contributed by atoms with van der Waals surface area (Å²) < 4.78 is 8.80. The molecule has 0 saturated heterocycles. The van der Waals surface area contributed by atoms with E-state index in [9.17, 15) is 0 Å². The van der Waals surface area contributed by atoms with E-state index < -0.39 is 0 Å². The zero-order valence-electron chi connectivity index (χ0n) is 41.1. The number of benzene rings is 9. The molecule has 15 aromatic rings. The van der Waals surface area contributed by atoms with Crippen LogP contribution in [0, 0.1) is 18.2 Å². The van der Waals surface area contributed by atoms with Gasteiger partial charge in [-0.1, -0.05) is 115 Å². The molecule has 0 radical (unpaired) electrons. The number of nitrogens with zero attached hydrogens (tertiary/aromatic N) is 5. The van der Waals surface area contributed by atoms with Crippen molar-refractivity contribution in [2.45, 2.75) is 0 Å². The Bertz CT molecular complexity index is 4600. The molecule has 6 nitrogen and oxygen atoms in total. The maximum absolute atomic E-state index is 6.56. The minimum Gasteiger partial charge on any atom is -0.454 e. The second-order valence-electron chi connectivity index (χ2n) is 19.1. The Balaban J connectivity index is 0.00000540. The van der Waals surface area contributed by atoms with Gasteiger partial charge in [0, 0.05) is 40.3 Å². The van der Waals surface area contributed by atoms with Gasteiger partial charge >= 0.3 is 20.1 Å². The van der Waals surface area contributed by atoms with Crippen LogP contribution in [0.2, 0.25) is 0 Å². The normalized spacial score (nSPS) is 11.5. The Morgan fingerprint density at radius 1 is 0.364 bits per heavy atom. The van der Waals surface area contributed by atoms with E-state index in [1.807, 2.05) is 97.5 Å². The van der Waals surface area contributed by atoms with Crippen LogP contribution in [0.3, 0.4) is 0 Å². The molecule has 0 aliphatic heterocycles. The van der Waals surface area contributed by atoms with Crippen molar-refractivity contribution in [2.24, 2.45) is 0 Å². The van der Waals surface area contributed by atoms with Gasteiger partial charge in [0.2, 0.25) is 0 Å². The average Bonchev–Trinajstić information content (AvgIpc) is 4.29. The van der Waals surface area contributed by atoms with Gasteiger partial charge in [-0.05, 0) is 126 Å². The smallest absolute Gasteiger partial charge is 0.454 e. The van der Waals surface area contributed by atoms with Crippen LogP contribution < -0.4 is 0 Å². The Morgan fingerprint density at radius 3 is 1.44 bits per heavy atom. The number of rotatable bonds is 8. The number of hydrogen-bond acceptors (Lipinski definition) is 5. The first-order chi connectivity index (χ1) is 37.7. The Kier molecular flexibility index (Phi) is 11.3. The summed E-state index contributed by atoms with van der Waals surface area (Å²) in [5.41, 5.74) is 22.4. The van der Waals surface area contributed by atoms with Crippen LogP contribution in [0.1, 0.15) is 0 Å². The topological polar surface area (TPSA) is 69.1 Å². The minimum atomic E-state index is 0. The number of imidazole rings is 1. The van der Waals surface area contributed by atoms with Gasteiger partial charge < -0.3 is 23.8 Å². The number of furan rings is 1. The van der Waals surface area contributed by atoms with Gasteiger partial charge in [-0.25, -0.2) is 4.98 Å². The number of aromatic nitrogens is 5. The first-order valence-electron chi connectivity index (χ1n) is 25.3. The summed E-state index contributed by atoms with van der Waals surface area (Å²) in [5, 5.41) is 3.96. The molecule has 77 heavy (non-hydrogen) atoms. The molecule has 7 heteroatoms. The van der Waals surface area contributed by atoms with Gasteiger partial charge in [-0.3, -0.25) is 0 Å². The molecule has 0 atom stereocenters. The molecule has 0 N–H and O–H groups in total. The molecule has 15 rings (SSSR count). The van der Waals surface area contributed by atoms with E-state index in [2.05, 4.69) is 168 Å². The third-order valence-electron chi connectivity index (χ3n) is 14.7. The molecule has 360 valence electrons. The van der Waals surface area contributed by atoms with Crippen LogP contribution in [0.15, 0.2) is 247 Å². The summed E-state index contributed by atoms with van der Waals surface area (Å²) in [5.74, 6) is 0. The first kappa shape index (κ1) is 45.9. The van der Waals surface area contributed by atoms with Crippen LogP contribution in [0.5, 0.6) is 0 Å². The maximum atomic E-state index is 6.56. The Hall–Kier alpha value is -9.65. The minimum absolute atomic E-state index is 0. The quantitative estimate of drug-likeness (QED) is 0.112. The number of hydrogen-bond donors (Lipinski definition) is 0. The molecular formula is C70H40IrN5O. The van der Waals surface area contributed by atoms with Crippen molar-refractivity contribution in [1.82, 2.24) is 24.3 Å². The molecular weight excluding hydrogens is 1120 g/mol. The zero-order chi connectivity index (χ0) is 50.1. The van der Waals surface area contributed by atoms with Crippen molar-refractivity contribution in [3.05, 3.63) is 261 Å². The Morgan fingerprint density at radius 2 is 0.883 bits per heavy atom. The van der Waals surface area contributed by atoms with Gasteiger partial charge in [0.05, 0.1) is 5.52 Å². The molecule has 0 unspecified atom stereocenters. The van der Waals surface area contributed by atoms with Crippen molar-refractivity contribution < 1.29 is 24.5 Å². The number of pyridine rings is 4. The molecule has 6 aromatic heterocycles. The van der Waals surface area contributed by atoms with Gasteiger partial charge in [-0.15, -0.1) is 101 Å². The second kappa shape index (κ2) is 18.9. The molecule has 0 aliphatic carbocycles. The summed E-state index contributed by atoms with van der Waals surface area (Å²) in [6.07, 6.45) is 5.95. The number of para-hydroxylation sites is 1. The fourth-order valence-corrected chi connectivity index (χ4v) is 11.1. The van der Waals surface area contributed by atoms with E-state index >= 15 is 0 Å². The van der Waals surface area contributed by atoms with Crippen LogP contribution in [0.4, 0.5) is 0 Å². The largest absolute Gasteiger partial charge is 3.00 e. The predicted octanol–water partition coefficient (Wildman–Crippen LogP) is 17.6. The van der Waals surface area contributed by atoms with Crippen molar-refractivity contribution in [3.8, 4) is 89.3 Å². The summed E-state index contributed by atoms with van der Waals surface area (Å²) in [6.45, 7) is 0. The number of fused-ring (bicyclic) bond motifs is 12. The van der Waals surface area contributed by atoms with Crippen molar-refractivity contribution in [3.63, 3.8) is 0 Å². The van der Waals surface area contributed by atoms with Crippen LogP contribution in [-0.2, 0) is 20.1 Å². The first-order valence-corrected chi connectivity index (χ1v) is 25.3. The van der Waals surface area contributed by atoms with E-state index in [1.54, 1.807) is 0 Å². The van der Waals surface area contributed by atoms with E-state index in [4.69, 9.17) is 24.4 Å². The van der Waals surface area contributed by atoms with Crippen LogP contribution in [0.25, 0.3) is 150 Å². The van der Waals surface area contributed by atoms with E-state index in [-0.39, 0.29) is 20.1 Å². The van der Waals surface area contributed by atoms with Crippen LogP contribution in [-0.4, -0.2) is 24.3 Å². The second-order valence-corrected chi connectivity index (χ2v) is 19.1. The fraction of sp³-hybridized carbons (Fsp3) is 0. The Labute approximate surface area is 457 Å². The molecule has 0 spiro atoms. The molecule has 0 amide bonds. The zero-order valence-corrected chi connectivity index (χ0v) is 43.5. The fourth-order valence-electron chi connectivity index (χ4n) is 11.1. The van der Waals surface area contributed by atoms with E-state index in [1.165, 1.54) is 0 Å². The summed E-state index contributed by atoms with van der Waals surface area (Å²) in [7, 11) is 0. The van der Waals surface area contributed by atoms with Gasteiger partial charge in [0.15, 0.2) is 5.58 Å². The molecule has 0 saturated carbocycles. The monoisotopic (exact) mass is 1160 g/mol. The third-order valence-corrected chi connectivity index (χ3v) is 14.7. The average molecular weight is 1160 g/mol. The molecule has 0 aliphatic rings. The molecule has 0 bridgehead atoms. The molecule has 0 fully saturated rings. The molecule has 6 heterocycles. The summed E-state index contributed by atoms with van der Waals surface area (Å²) in [6, 6.07) is 88.3. The van der Waals surface area contributed by atoms with Gasteiger partial charge in [-0.2, -0.15) is 0 Å². The van der Waals surface area contributed by atoms with E-state index in [0.717, 1.165) is 150 Å². The van der Waals surface area contributed by atoms with Crippen molar-refractivity contribution >= 4 is 60.4 Å². The summed E-state index contributed by atoms with van der Waals surface area (Å²) >= 11 is 0. The standard InChI is InChI=1S/C70H40N5O.Ir/c1-3-17-44(18-4-1)62-34-31-46(41-71-62)52-21-7-9-23-54(52)48-37-49(55-24-10-8-22-53(55)47-32-35-63(72-42-47)45-19-5-2-6-20-45)39-50(38-48)56-25-11-12-26-57(56)51-40-61-67(73-43-51)60-28-13-15-29-64(60)75-65-36-33-59-58-27-14-16-30-66(58)76-69(59)68(65)74-70(61)75;/h1-17,19,21-27,29-43H;/q-3;+3. The van der Waals surface area contributed by atoms with Gasteiger partial charge in [0.1, 0.15) is 16.7 Å². The predicted molar refractivity (Wildman–Crippen MR) is 308 cm³/mol. The SMILES string of the molecule is [Ir+3].[c-]1ccccc1-c1ccc(-c2ccccc2-c2cc(-c3ccccc3-c3ccc(-c4[c-]cccc4)nc3)cc(-c3ccccc3-c3cnc4c5[c-]cccc5n5c6ccc7c8ccccc8oc7c6nc5c4c3)c2)cn1. The summed E-state index contributed by atoms with van der Waals surface area (Å²) in [4.78, 5) is 20.6.